The van der Waals surface area contributed by atoms with E-state index in [0.717, 1.165) is 37.2 Å². The molecule has 0 unspecified atom stereocenters. The molecular formula is C23H30N2O6. The normalized spacial score (nSPS) is 36.4. The van der Waals surface area contributed by atoms with Gasteiger partial charge in [0.25, 0.3) is 0 Å². The van der Waals surface area contributed by atoms with Crippen molar-refractivity contribution in [3.05, 3.63) is 17.7 Å². The molecule has 3 fully saturated rings. The topological polar surface area (TPSA) is 86.3 Å². The maximum absolute atomic E-state index is 13.5. The largest absolute Gasteiger partial charge is 0.493 e. The minimum Gasteiger partial charge on any atom is -0.493 e. The zero-order valence-corrected chi connectivity index (χ0v) is 18.5. The van der Waals surface area contributed by atoms with E-state index in [-0.39, 0.29) is 41.8 Å². The number of hydrogen-bond acceptors (Lipinski definition) is 7. The van der Waals surface area contributed by atoms with Gasteiger partial charge in [-0.15, -0.1) is 0 Å². The molecule has 6 atom stereocenters. The molecule has 8 nitrogen and oxygen atoms in total. The van der Waals surface area contributed by atoms with Gasteiger partial charge in [0.05, 0.1) is 45.4 Å². The number of ether oxygens (including phenoxy) is 4. The molecule has 4 aliphatic rings. The first kappa shape index (κ1) is 20.6. The average Bonchev–Trinajstić information content (AvgIpc) is 3.29. The predicted molar refractivity (Wildman–Crippen MR) is 112 cm³/mol. The number of amides is 1. The Balaban J connectivity index is 1.55. The fourth-order valence-corrected chi connectivity index (χ4v) is 6.50. The smallest absolute Gasteiger partial charge is 0.311 e. The predicted octanol–water partition coefficient (Wildman–Crippen LogP) is 1.81. The number of methoxy groups -OCH3 is 3. The lowest BCUT2D eigenvalue weighted by Gasteiger charge is -2.50. The summed E-state index contributed by atoms with van der Waals surface area (Å²) in [6.07, 6.45) is 1.58. The van der Waals surface area contributed by atoms with Gasteiger partial charge in [-0.3, -0.25) is 14.5 Å². The number of carbonyl (C=O) groups excluding carboxylic acids is 2. The summed E-state index contributed by atoms with van der Waals surface area (Å²) in [6.45, 7) is 4.13. The van der Waals surface area contributed by atoms with Crippen LogP contribution in [0.5, 0.6) is 11.5 Å². The SMILES string of the molecule is COC(=O)[C@@H]1CO[C@@H](C)[C@@H]2CN3CC[C@@]4(C(=O)Nc5cc(OC)c(OC)cc54)[C@@H]3C[C@@H]21. The minimum absolute atomic E-state index is 0.0190. The molecule has 1 aromatic carbocycles. The minimum atomic E-state index is -0.651. The lowest BCUT2D eigenvalue weighted by Crippen LogP contribution is -2.59. The number of anilines is 1. The third-order valence-corrected chi connectivity index (χ3v) is 8.11. The Morgan fingerprint density at radius 1 is 1.19 bits per heavy atom. The van der Waals surface area contributed by atoms with Crippen LogP contribution in [0.15, 0.2) is 12.1 Å². The standard InChI is InChI=1S/C23H30N2O6/c1-12-14-10-25-6-5-23(20(25)7-13(14)15(11-31-12)21(26)30-4)16-8-18(28-2)19(29-3)9-17(16)24-22(23)27/h8-9,12-15,20H,5-7,10-11H2,1-4H3,(H,24,27)/t12-,13-,14-,15+,20-,23-/m0/s1. The fraction of sp³-hybridized carbons (Fsp3) is 0.652. The molecule has 1 spiro atoms. The van der Waals surface area contributed by atoms with Gasteiger partial charge in [0.1, 0.15) is 0 Å². The van der Waals surface area contributed by atoms with Gasteiger partial charge < -0.3 is 24.3 Å². The van der Waals surface area contributed by atoms with Crippen LogP contribution in [0.2, 0.25) is 0 Å². The van der Waals surface area contributed by atoms with E-state index in [1.54, 1.807) is 14.2 Å². The number of hydrogen-bond donors (Lipinski definition) is 1. The summed E-state index contributed by atoms with van der Waals surface area (Å²) in [7, 11) is 4.63. The third kappa shape index (κ3) is 2.80. The first-order chi connectivity index (χ1) is 14.9. The first-order valence-electron chi connectivity index (χ1n) is 11.0. The Kier molecular flexibility index (Phi) is 4.90. The Labute approximate surface area is 182 Å². The Morgan fingerprint density at radius 2 is 1.94 bits per heavy atom. The molecule has 0 bridgehead atoms. The van der Waals surface area contributed by atoms with Gasteiger partial charge in [0, 0.05) is 30.3 Å². The van der Waals surface area contributed by atoms with Gasteiger partial charge >= 0.3 is 5.97 Å². The monoisotopic (exact) mass is 430 g/mol. The summed E-state index contributed by atoms with van der Waals surface area (Å²) < 4.78 is 22.0. The van der Waals surface area contributed by atoms with Crippen molar-refractivity contribution in [1.29, 1.82) is 0 Å². The Hall–Kier alpha value is -2.32. The number of piperidine rings is 1. The van der Waals surface area contributed by atoms with Crippen molar-refractivity contribution in [2.45, 2.75) is 37.3 Å². The molecule has 0 aliphatic carbocycles. The summed E-state index contributed by atoms with van der Waals surface area (Å²) in [6, 6.07) is 3.82. The lowest BCUT2D eigenvalue weighted by atomic mass is 9.65. The van der Waals surface area contributed by atoms with Crippen molar-refractivity contribution in [2.24, 2.45) is 17.8 Å². The van der Waals surface area contributed by atoms with Gasteiger partial charge in [-0.05, 0) is 43.9 Å². The van der Waals surface area contributed by atoms with Crippen LogP contribution >= 0.6 is 0 Å². The average molecular weight is 431 g/mol. The van der Waals surface area contributed by atoms with Crippen molar-refractivity contribution in [3.63, 3.8) is 0 Å². The molecule has 1 aromatic rings. The zero-order chi connectivity index (χ0) is 21.9. The van der Waals surface area contributed by atoms with E-state index in [1.807, 2.05) is 12.1 Å². The van der Waals surface area contributed by atoms with E-state index in [4.69, 9.17) is 18.9 Å². The number of nitrogens with zero attached hydrogens (tertiary/aromatic N) is 1. The summed E-state index contributed by atoms with van der Waals surface area (Å²) in [5.41, 5.74) is 1.11. The number of fused-ring (bicyclic) bond motifs is 5. The Bertz CT molecular complexity index is 920. The molecule has 1 N–H and O–H groups in total. The molecule has 0 aromatic heterocycles. The second kappa shape index (κ2) is 7.38. The van der Waals surface area contributed by atoms with Gasteiger partial charge in [-0.1, -0.05) is 0 Å². The molecule has 0 radical (unpaired) electrons. The van der Waals surface area contributed by atoms with E-state index in [2.05, 4.69) is 17.1 Å². The van der Waals surface area contributed by atoms with Gasteiger partial charge in [-0.25, -0.2) is 0 Å². The highest BCUT2D eigenvalue weighted by Gasteiger charge is 2.62. The van der Waals surface area contributed by atoms with E-state index in [9.17, 15) is 9.59 Å². The molecule has 31 heavy (non-hydrogen) atoms. The van der Waals surface area contributed by atoms with Crippen molar-refractivity contribution >= 4 is 17.6 Å². The summed E-state index contributed by atoms with van der Waals surface area (Å²) >= 11 is 0. The van der Waals surface area contributed by atoms with Gasteiger partial charge in [0.2, 0.25) is 5.91 Å². The van der Waals surface area contributed by atoms with Crippen LogP contribution in [0.3, 0.4) is 0 Å². The summed E-state index contributed by atoms with van der Waals surface area (Å²) in [5.74, 6) is 1.12. The highest BCUT2D eigenvalue weighted by molar-refractivity contribution is 6.07. The number of carbonyl (C=O) groups is 2. The summed E-state index contributed by atoms with van der Waals surface area (Å²) in [5, 5.41) is 3.10. The number of nitrogens with one attached hydrogen (secondary N) is 1. The van der Waals surface area contributed by atoms with Crippen molar-refractivity contribution in [2.75, 3.05) is 46.3 Å². The number of benzene rings is 1. The van der Waals surface area contributed by atoms with Crippen LogP contribution in [0.1, 0.15) is 25.3 Å². The van der Waals surface area contributed by atoms with E-state index in [0.29, 0.717) is 18.1 Å². The van der Waals surface area contributed by atoms with Gasteiger partial charge in [0.15, 0.2) is 11.5 Å². The van der Waals surface area contributed by atoms with E-state index < -0.39 is 5.41 Å². The molecule has 3 saturated heterocycles. The van der Waals surface area contributed by atoms with E-state index >= 15 is 0 Å². The first-order valence-corrected chi connectivity index (χ1v) is 11.0. The van der Waals surface area contributed by atoms with Crippen molar-refractivity contribution in [3.8, 4) is 11.5 Å². The van der Waals surface area contributed by atoms with Crippen molar-refractivity contribution < 1.29 is 28.5 Å². The second-order valence-electron chi connectivity index (χ2n) is 9.17. The van der Waals surface area contributed by atoms with Crippen LogP contribution in [0.25, 0.3) is 0 Å². The van der Waals surface area contributed by atoms with Crippen LogP contribution in [-0.2, 0) is 24.5 Å². The third-order valence-electron chi connectivity index (χ3n) is 8.11. The number of esters is 1. The molecule has 0 saturated carbocycles. The molecule has 1 amide bonds. The molecule has 5 rings (SSSR count). The fourth-order valence-electron chi connectivity index (χ4n) is 6.50. The molecule has 168 valence electrons. The maximum Gasteiger partial charge on any atom is 0.311 e. The zero-order valence-electron chi connectivity index (χ0n) is 18.5. The van der Waals surface area contributed by atoms with Crippen molar-refractivity contribution in [1.82, 2.24) is 4.90 Å². The van der Waals surface area contributed by atoms with Crippen LogP contribution in [0.4, 0.5) is 5.69 Å². The molecule has 4 heterocycles. The van der Waals surface area contributed by atoms with E-state index in [1.165, 1.54) is 7.11 Å². The quantitative estimate of drug-likeness (QED) is 0.732. The highest BCUT2D eigenvalue weighted by atomic mass is 16.5. The highest BCUT2D eigenvalue weighted by Crippen LogP contribution is 2.55. The van der Waals surface area contributed by atoms with Crippen LogP contribution in [0, 0.1) is 17.8 Å². The summed E-state index contributed by atoms with van der Waals surface area (Å²) in [4.78, 5) is 28.4. The molecule has 4 aliphatic heterocycles. The molecular weight excluding hydrogens is 400 g/mol. The number of rotatable bonds is 3. The van der Waals surface area contributed by atoms with Crippen LogP contribution in [-0.4, -0.2) is 69.9 Å². The maximum atomic E-state index is 13.5. The van der Waals surface area contributed by atoms with Gasteiger partial charge in [-0.2, -0.15) is 0 Å². The molecule has 8 heteroatoms. The second-order valence-corrected chi connectivity index (χ2v) is 9.17. The Morgan fingerprint density at radius 3 is 2.65 bits per heavy atom. The van der Waals surface area contributed by atoms with Crippen LogP contribution < -0.4 is 14.8 Å². The lowest BCUT2D eigenvalue weighted by molar-refractivity contribution is -0.169.